The van der Waals surface area contributed by atoms with Crippen LogP contribution < -0.4 is 10.6 Å². The van der Waals surface area contributed by atoms with Crippen LogP contribution in [0.5, 0.6) is 0 Å². The Labute approximate surface area is 183 Å². The molecule has 0 rings (SSSR count). The number of allylic oxidation sites excluding steroid dienone is 4. The normalized spacial score (nSPS) is 13.5. The molecular weight excluding hydrogens is 376 g/mol. The standard InChI is InChI=1S/C24H40N4O2/c1-11-20(12-2)19(4)30-23(26-8)16-24(5,6)15-18(3)27-22(17-29)21(25-7)13-14-28(9)10/h11-12,17,25,27H,1,3-4,13-16H2,2,5-10H3/b20-12+,22-21+,26-23?. The van der Waals surface area contributed by atoms with Crippen molar-refractivity contribution in [1.82, 2.24) is 15.5 Å². The van der Waals surface area contributed by atoms with Gasteiger partial charge in [-0.2, -0.15) is 0 Å². The van der Waals surface area contributed by atoms with Crippen LogP contribution in [0, 0.1) is 5.41 Å². The van der Waals surface area contributed by atoms with E-state index in [-0.39, 0.29) is 5.41 Å². The van der Waals surface area contributed by atoms with Gasteiger partial charge in [-0.15, -0.1) is 0 Å². The third-order valence-corrected chi connectivity index (χ3v) is 4.53. The van der Waals surface area contributed by atoms with Crippen molar-refractivity contribution in [2.75, 3.05) is 34.7 Å². The molecule has 0 radical (unpaired) electrons. The van der Waals surface area contributed by atoms with Gasteiger partial charge in [0.25, 0.3) is 0 Å². The summed E-state index contributed by atoms with van der Waals surface area (Å²) in [5, 5.41) is 6.30. The van der Waals surface area contributed by atoms with Crippen molar-refractivity contribution in [1.29, 1.82) is 0 Å². The molecule has 168 valence electrons. The van der Waals surface area contributed by atoms with Crippen LogP contribution in [0.4, 0.5) is 0 Å². The Balaban J connectivity index is 5.15. The fourth-order valence-corrected chi connectivity index (χ4v) is 2.94. The summed E-state index contributed by atoms with van der Waals surface area (Å²) in [6.45, 7) is 18.8. The quantitative estimate of drug-likeness (QED) is 0.111. The van der Waals surface area contributed by atoms with E-state index in [9.17, 15) is 4.79 Å². The van der Waals surface area contributed by atoms with Gasteiger partial charge in [0.15, 0.2) is 12.2 Å². The Hall–Kier alpha value is -2.60. The highest BCUT2D eigenvalue weighted by Gasteiger charge is 2.24. The zero-order valence-electron chi connectivity index (χ0n) is 19.9. The molecule has 2 N–H and O–H groups in total. The lowest BCUT2D eigenvalue weighted by Crippen LogP contribution is -2.27. The van der Waals surface area contributed by atoms with Crippen LogP contribution >= 0.6 is 0 Å². The number of nitrogens with one attached hydrogen (secondary N) is 2. The predicted octanol–water partition coefficient (Wildman–Crippen LogP) is 4.17. The highest BCUT2D eigenvalue weighted by molar-refractivity contribution is 5.78. The molecule has 0 aromatic rings. The molecule has 0 unspecified atom stereocenters. The lowest BCUT2D eigenvalue weighted by Gasteiger charge is -2.27. The lowest BCUT2D eigenvalue weighted by atomic mass is 9.84. The molecule has 0 bridgehead atoms. The zero-order chi connectivity index (χ0) is 23.3. The third kappa shape index (κ3) is 10.3. The van der Waals surface area contributed by atoms with E-state index in [4.69, 9.17) is 4.74 Å². The number of carbonyl (C=O) groups is 1. The maximum atomic E-state index is 11.6. The Morgan fingerprint density at radius 2 is 1.87 bits per heavy atom. The summed E-state index contributed by atoms with van der Waals surface area (Å²) < 4.78 is 5.86. The van der Waals surface area contributed by atoms with E-state index in [1.807, 2.05) is 34.1 Å². The van der Waals surface area contributed by atoms with E-state index in [1.165, 1.54) is 0 Å². The van der Waals surface area contributed by atoms with E-state index < -0.39 is 0 Å². The number of hydrogen-bond acceptors (Lipinski definition) is 6. The van der Waals surface area contributed by atoms with Crippen LogP contribution in [-0.4, -0.2) is 51.8 Å². The maximum Gasteiger partial charge on any atom is 0.190 e. The number of carbonyl (C=O) groups excluding carboxylic acids is 1. The van der Waals surface area contributed by atoms with Gasteiger partial charge in [-0.25, -0.2) is 0 Å². The predicted molar refractivity (Wildman–Crippen MR) is 128 cm³/mol. The minimum Gasteiger partial charge on any atom is -0.443 e. The first-order chi connectivity index (χ1) is 14.0. The van der Waals surface area contributed by atoms with Crippen LogP contribution in [0.3, 0.4) is 0 Å². The molecule has 0 saturated carbocycles. The number of aliphatic imine (C=N–C) groups is 1. The molecule has 0 aliphatic heterocycles. The molecule has 0 aromatic heterocycles. The molecule has 0 saturated heterocycles. The van der Waals surface area contributed by atoms with Gasteiger partial charge in [-0.3, -0.25) is 9.79 Å². The van der Waals surface area contributed by atoms with Gasteiger partial charge in [0.1, 0.15) is 5.76 Å². The topological polar surface area (TPSA) is 66.0 Å². The molecule has 0 aliphatic carbocycles. The smallest absolute Gasteiger partial charge is 0.190 e. The SMILES string of the molecule is C=C/C(=C\C)C(=C)OC(CC(C)(C)CC(=C)N/C(C=O)=C(\CCN(C)C)NC)=NC. The maximum absolute atomic E-state index is 11.6. The van der Waals surface area contributed by atoms with Gasteiger partial charge < -0.3 is 20.3 Å². The van der Waals surface area contributed by atoms with E-state index in [1.54, 1.807) is 13.1 Å². The van der Waals surface area contributed by atoms with E-state index in [0.717, 1.165) is 36.2 Å². The summed E-state index contributed by atoms with van der Waals surface area (Å²) in [7, 11) is 7.52. The van der Waals surface area contributed by atoms with E-state index in [0.29, 0.717) is 30.2 Å². The second-order valence-corrected chi connectivity index (χ2v) is 8.15. The average molecular weight is 417 g/mol. The van der Waals surface area contributed by atoms with Crippen LogP contribution in [0.25, 0.3) is 0 Å². The summed E-state index contributed by atoms with van der Waals surface area (Å²) in [4.78, 5) is 18.0. The van der Waals surface area contributed by atoms with Crippen molar-refractivity contribution in [2.45, 2.75) is 40.0 Å². The van der Waals surface area contributed by atoms with Gasteiger partial charge in [0.05, 0.1) is 5.70 Å². The van der Waals surface area contributed by atoms with Crippen molar-refractivity contribution in [3.8, 4) is 0 Å². The Bertz CT molecular complexity index is 713. The molecule has 6 nitrogen and oxygen atoms in total. The fourth-order valence-electron chi connectivity index (χ4n) is 2.94. The second kappa shape index (κ2) is 13.6. The highest BCUT2D eigenvalue weighted by Crippen LogP contribution is 2.30. The first-order valence-corrected chi connectivity index (χ1v) is 10.1. The van der Waals surface area contributed by atoms with E-state index >= 15 is 0 Å². The molecule has 0 aromatic carbocycles. The second-order valence-electron chi connectivity index (χ2n) is 8.15. The van der Waals surface area contributed by atoms with Crippen molar-refractivity contribution in [3.63, 3.8) is 0 Å². The molecule has 0 amide bonds. The molecule has 0 aliphatic rings. The minimum absolute atomic E-state index is 0.194. The molecule has 0 atom stereocenters. The van der Waals surface area contributed by atoms with Crippen molar-refractivity contribution in [2.24, 2.45) is 10.4 Å². The Morgan fingerprint density at radius 1 is 1.23 bits per heavy atom. The first-order valence-electron chi connectivity index (χ1n) is 10.1. The number of rotatable bonds is 14. The van der Waals surface area contributed by atoms with Gasteiger partial charge in [-0.1, -0.05) is 45.7 Å². The summed E-state index contributed by atoms with van der Waals surface area (Å²) in [6.07, 6.45) is 6.40. The minimum atomic E-state index is -0.194. The zero-order valence-corrected chi connectivity index (χ0v) is 19.9. The lowest BCUT2D eigenvalue weighted by molar-refractivity contribution is -0.105. The summed E-state index contributed by atoms with van der Waals surface area (Å²) in [5.74, 6) is 1.11. The Kier molecular flexibility index (Phi) is 12.4. The number of nitrogens with zero attached hydrogens (tertiary/aromatic N) is 2. The fraction of sp³-hybridized carbons (Fsp3) is 0.500. The van der Waals surface area contributed by atoms with Gasteiger partial charge in [-0.05, 0) is 32.9 Å². The van der Waals surface area contributed by atoms with Crippen LogP contribution in [0.15, 0.2) is 65.3 Å². The molecule has 0 spiro atoms. The van der Waals surface area contributed by atoms with Crippen molar-refractivity contribution in [3.05, 3.63) is 60.3 Å². The number of aldehydes is 1. The molecule has 0 fully saturated rings. The number of ether oxygens (including phenoxy) is 1. The number of hydrogen-bond donors (Lipinski definition) is 2. The molecular formula is C24H40N4O2. The van der Waals surface area contributed by atoms with Crippen molar-refractivity contribution >= 4 is 12.2 Å². The van der Waals surface area contributed by atoms with Gasteiger partial charge in [0, 0.05) is 50.4 Å². The summed E-state index contributed by atoms with van der Waals surface area (Å²) >= 11 is 0. The summed E-state index contributed by atoms with van der Waals surface area (Å²) in [6, 6.07) is 0. The van der Waals surface area contributed by atoms with Crippen LogP contribution in [0.2, 0.25) is 0 Å². The van der Waals surface area contributed by atoms with Gasteiger partial charge in [0.2, 0.25) is 0 Å². The highest BCUT2D eigenvalue weighted by atomic mass is 16.5. The molecule has 0 heterocycles. The Morgan fingerprint density at radius 3 is 2.30 bits per heavy atom. The van der Waals surface area contributed by atoms with E-state index in [2.05, 4.69) is 54.1 Å². The monoisotopic (exact) mass is 416 g/mol. The average Bonchev–Trinajstić information content (AvgIpc) is 2.66. The third-order valence-electron chi connectivity index (χ3n) is 4.53. The van der Waals surface area contributed by atoms with Crippen LogP contribution in [0.1, 0.15) is 40.0 Å². The largest absolute Gasteiger partial charge is 0.443 e. The molecule has 30 heavy (non-hydrogen) atoms. The first kappa shape index (κ1) is 27.4. The summed E-state index contributed by atoms with van der Waals surface area (Å²) in [5.41, 5.74) is 2.77. The van der Waals surface area contributed by atoms with Crippen molar-refractivity contribution < 1.29 is 9.53 Å². The van der Waals surface area contributed by atoms with Crippen LogP contribution in [-0.2, 0) is 9.53 Å². The van der Waals surface area contributed by atoms with Gasteiger partial charge >= 0.3 is 0 Å². The molecule has 6 heteroatoms.